The number of benzene rings is 2. The van der Waals surface area contributed by atoms with Gasteiger partial charge in [0.15, 0.2) is 0 Å². The maximum absolute atomic E-state index is 13.3. The van der Waals surface area contributed by atoms with Gasteiger partial charge < -0.3 is 5.32 Å². The van der Waals surface area contributed by atoms with Crippen molar-refractivity contribution in [3.63, 3.8) is 0 Å². The van der Waals surface area contributed by atoms with Crippen LogP contribution in [0, 0.1) is 12.7 Å². The molecule has 3 heteroatoms. The maximum atomic E-state index is 13.3. The lowest BCUT2D eigenvalue weighted by molar-refractivity contribution is -0.110. The summed E-state index contributed by atoms with van der Waals surface area (Å²) in [5.74, 6) is -0.533. The maximum Gasteiger partial charge on any atom is 0.256 e. The van der Waals surface area contributed by atoms with E-state index in [9.17, 15) is 9.18 Å². The molecule has 1 N–H and O–H groups in total. The van der Waals surface area contributed by atoms with Crippen molar-refractivity contribution in [3.05, 3.63) is 65.0 Å². The highest BCUT2D eigenvalue weighted by Crippen LogP contribution is 2.33. The second-order valence-electron chi connectivity index (χ2n) is 4.56. The molecule has 0 atom stereocenters. The molecule has 0 aromatic heterocycles. The summed E-state index contributed by atoms with van der Waals surface area (Å²) >= 11 is 0. The molecule has 1 amide bonds. The minimum atomic E-state index is -0.342. The van der Waals surface area contributed by atoms with Crippen LogP contribution in [0.2, 0.25) is 0 Å². The first-order chi connectivity index (χ1) is 9.15. The summed E-state index contributed by atoms with van der Waals surface area (Å²) in [6, 6.07) is 12.1. The molecule has 3 rings (SSSR count). The molecule has 1 aliphatic rings. The Bertz CT molecular complexity index is 704. The second kappa shape index (κ2) is 4.35. The smallest absolute Gasteiger partial charge is 0.256 e. The van der Waals surface area contributed by atoms with Gasteiger partial charge in [-0.2, -0.15) is 0 Å². The van der Waals surface area contributed by atoms with Crippen molar-refractivity contribution in [2.75, 3.05) is 5.32 Å². The average molecular weight is 253 g/mol. The van der Waals surface area contributed by atoms with Gasteiger partial charge in [0.1, 0.15) is 5.82 Å². The minimum absolute atomic E-state index is 0.191. The normalized spacial score (nSPS) is 15.5. The molecule has 0 unspecified atom stereocenters. The number of nitrogens with one attached hydrogen (secondary N) is 1. The number of rotatable bonds is 1. The molecule has 0 fully saturated rings. The third-order valence-electron chi connectivity index (χ3n) is 3.25. The lowest BCUT2D eigenvalue weighted by Gasteiger charge is -2.02. The molecular weight excluding hydrogens is 241 g/mol. The third-order valence-corrected chi connectivity index (χ3v) is 3.25. The highest BCUT2D eigenvalue weighted by Gasteiger charge is 2.24. The molecule has 2 aromatic carbocycles. The number of halogens is 1. The lowest BCUT2D eigenvalue weighted by Crippen LogP contribution is -2.03. The van der Waals surface area contributed by atoms with E-state index in [4.69, 9.17) is 0 Å². The van der Waals surface area contributed by atoms with Crippen LogP contribution in [0.1, 0.15) is 16.7 Å². The van der Waals surface area contributed by atoms with Crippen LogP contribution in [0.4, 0.5) is 10.1 Å². The second-order valence-corrected chi connectivity index (χ2v) is 4.56. The number of anilines is 1. The van der Waals surface area contributed by atoms with Crippen LogP contribution < -0.4 is 5.32 Å². The quantitative estimate of drug-likeness (QED) is 0.772. The van der Waals surface area contributed by atoms with Gasteiger partial charge in [-0.3, -0.25) is 4.79 Å². The molecule has 94 valence electrons. The number of hydrogen-bond donors (Lipinski definition) is 1. The van der Waals surface area contributed by atoms with Gasteiger partial charge in [0.05, 0.1) is 0 Å². The fourth-order valence-corrected chi connectivity index (χ4v) is 2.21. The summed E-state index contributed by atoms with van der Waals surface area (Å²) in [6.45, 7) is 1.98. The first-order valence-electron chi connectivity index (χ1n) is 6.04. The number of amides is 1. The molecule has 1 aliphatic heterocycles. The SMILES string of the molecule is Cc1ccccc1/C=C1\C(=O)Nc2ccc(F)cc21. The van der Waals surface area contributed by atoms with Crippen molar-refractivity contribution in [2.24, 2.45) is 0 Å². The van der Waals surface area contributed by atoms with Gasteiger partial charge in [-0.05, 0) is 42.3 Å². The predicted octanol–water partition coefficient (Wildman–Crippen LogP) is 3.63. The van der Waals surface area contributed by atoms with Gasteiger partial charge in [0, 0.05) is 16.8 Å². The predicted molar refractivity (Wildman–Crippen MR) is 74.1 cm³/mol. The molecule has 0 aliphatic carbocycles. The molecule has 19 heavy (non-hydrogen) atoms. The minimum Gasteiger partial charge on any atom is -0.321 e. The van der Waals surface area contributed by atoms with Gasteiger partial charge in [0.25, 0.3) is 5.91 Å². The molecule has 1 heterocycles. The third kappa shape index (κ3) is 2.03. The molecule has 0 bridgehead atoms. The molecule has 2 aromatic rings. The van der Waals surface area contributed by atoms with E-state index in [0.29, 0.717) is 16.8 Å². The van der Waals surface area contributed by atoms with Gasteiger partial charge in [-0.15, -0.1) is 0 Å². The first kappa shape index (κ1) is 11.7. The van der Waals surface area contributed by atoms with Crippen molar-refractivity contribution in [3.8, 4) is 0 Å². The number of hydrogen-bond acceptors (Lipinski definition) is 1. The monoisotopic (exact) mass is 253 g/mol. The molecule has 0 spiro atoms. The fraction of sp³-hybridized carbons (Fsp3) is 0.0625. The Labute approximate surface area is 110 Å². The zero-order valence-corrected chi connectivity index (χ0v) is 10.4. The van der Waals surface area contributed by atoms with Crippen LogP contribution in [-0.4, -0.2) is 5.91 Å². The highest BCUT2D eigenvalue weighted by molar-refractivity contribution is 6.34. The summed E-state index contributed by atoms with van der Waals surface area (Å²) in [5, 5.41) is 2.74. The van der Waals surface area contributed by atoms with Crippen LogP contribution >= 0.6 is 0 Å². The van der Waals surface area contributed by atoms with Crippen LogP contribution in [0.15, 0.2) is 42.5 Å². The summed E-state index contributed by atoms with van der Waals surface area (Å²) in [7, 11) is 0. The van der Waals surface area contributed by atoms with Gasteiger partial charge >= 0.3 is 0 Å². The standard InChI is InChI=1S/C16H12FNO/c1-10-4-2-3-5-11(10)8-14-13-9-12(17)6-7-15(13)18-16(14)19/h2-9H,1H3,(H,18,19)/b14-8-. The summed E-state index contributed by atoms with van der Waals surface area (Å²) in [5.41, 5.74) is 3.82. The van der Waals surface area contributed by atoms with Crippen molar-refractivity contribution >= 4 is 23.2 Å². The summed E-state index contributed by atoms with van der Waals surface area (Å²) in [4.78, 5) is 12.0. The van der Waals surface area contributed by atoms with Gasteiger partial charge in [0.2, 0.25) is 0 Å². The zero-order chi connectivity index (χ0) is 13.4. The Hall–Kier alpha value is -2.42. The van der Waals surface area contributed by atoms with Crippen molar-refractivity contribution in [1.82, 2.24) is 0 Å². The Morgan fingerprint density at radius 1 is 1.16 bits per heavy atom. The van der Waals surface area contributed by atoms with Gasteiger partial charge in [-0.25, -0.2) is 4.39 Å². The summed E-state index contributed by atoms with van der Waals surface area (Å²) in [6.07, 6.45) is 1.80. The topological polar surface area (TPSA) is 29.1 Å². The Balaban J connectivity index is 2.14. The van der Waals surface area contributed by atoms with Crippen molar-refractivity contribution < 1.29 is 9.18 Å². The van der Waals surface area contributed by atoms with Crippen LogP contribution in [0.3, 0.4) is 0 Å². The largest absolute Gasteiger partial charge is 0.321 e. The Morgan fingerprint density at radius 2 is 1.95 bits per heavy atom. The van der Waals surface area contributed by atoms with Crippen molar-refractivity contribution in [1.29, 1.82) is 0 Å². The molecule has 2 nitrogen and oxygen atoms in total. The lowest BCUT2D eigenvalue weighted by atomic mass is 10.0. The van der Waals surface area contributed by atoms with Crippen molar-refractivity contribution in [2.45, 2.75) is 6.92 Å². The zero-order valence-electron chi connectivity index (χ0n) is 10.4. The van der Waals surface area contributed by atoms with E-state index in [1.165, 1.54) is 12.1 Å². The van der Waals surface area contributed by atoms with E-state index in [-0.39, 0.29) is 11.7 Å². The molecule has 0 saturated carbocycles. The Kier molecular flexibility index (Phi) is 2.67. The van der Waals surface area contributed by atoms with E-state index in [1.54, 1.807) is 12.1 Å². The molecular formula is C16H12FNO. The number of aryl methyl sites for hydroxylation is 1. The summed E-state index contributed by atoms with van der Waals surface area (Å²) < 4.78 is 13.3. The van der Waals surface area contributed by atoms with E-state index in [1.807, 2.05) is 31.2 Å². The number of carbonyl (C=O) groups excluding carboxylic acids is 1. The Morgan fingerprint density at radius 3 is 2.74 bits per heavy atom. The van der Waals surface area contributed by atoms with E-state index in [2.05, 4.69) is 5.32 Å². The van der Waals surface area contributed by atoms with E-state index in [0.717, 1.165) is 11.1 Å². The van der Waals surface area contributed by atoms with E-state index >= 15 is 0 Å². The fourth-order valence-electron chi connectivity index (χ4n) is 2.21. The molecule has 0 radical (unpaired) electrons. The van der Waals surface area contributed by atoms with Crippen LogP contribution in [-0.2, 0) is 4.79 Å². The van der Waals surface area contributed by atoms with Crippen LogP contribution in [0.5, 0.6) is 0 Å². The average Bonchev–Trinajstić information content (AvgIpc) is 2.69. The molecule has 0 saturated heterocycles. The highest BCUT2D eigenvalue weighted by atomic mass is 19.1. The number of fused-ring (bicyclic) bond motifs is 1. The van der Waals surface area contributed by atoms with E-state index < -0.39 is 0 Å². The van der Waals surface area contributed by atoms with Crippen LogP contribution in [0.25, 0.3) is 11.6 Å². The number of carbonyl (C=O) groups is 1. The first-order valence-corrected chi connectivity index (χ1v) is 6.04. The van der Waals surface area contributed by atoms with Gasteiger partial charge in [-0.1, -0.05) is 24.3 Å².